The van der Waals surface area contributed by atoms with E-state index >= 15 is 0 Å². The fourth-order valence-corrected chi connectivity index (χ4v) is 4.00. The van der Waals surface area contributed by atoms with Gasteiger partial charge < -0.3 is 11.1 Å². The van der Waals surface area contributed by atoms with Gasteiger partial charge in [0.05, 0.1) is 17.4 Å². The van der Waals surface area contributed by atoms with Crippen molar-refractivity contribution >= 4 is 33.6 Å². The first kappa shape index (κ1) is 19.9. The van der Waals surface area contributed by atoms with Crippen molar-refractivity contribution in [3.63, 3.8) is 0 Å². The van der Waals surface area contributed by atoms with Crippen LogP contribution in [0.15, 0.2) is 48.9 Å². The maximum absolute atomic E-state index is 5.85. The van der Waals surface area contributed by atoms with Gasteiger partial charge in [0.25, 0.3) is 0 Å². The maximum atomic E-state index is 5.85. The first-order chi connectivity index (χ1) is 15.5. The molecule has 0 spiro atoms. The van der Waals surface area contributed by atoms with E-state index in [1.807, 2.05) is 43.8 Å². The lowest BCUT2D eigenvalue weighted by molar-refractivity contribution is 0.694. The summed E-state index contributed by atoms with van der Waals surface area (Å²) in [5.41, 5.74) is 12.8. The molecule has 5 rings (SSSR count). The van der Waals surface area contributed by atoms with Crippen LogP contribution in [-0.4, -0.2) is 29.7 Å². The molecule has 4 heterocycles. The van der Waals surface area contributed by atoms with Crippen LogP contribution in [0.1, 0.15) is 28.1 Å². The van der Waals surface area contributed by atoms with Crippen LogP contribution in [0.3, 0.4) is 0 Å². The largest absolute Gasteiger partial charge is 0.384 e. The third-order valence-corrected chi connectivity index (χ3v) is 5.61. The molecule has 0 amide bonds. The molecule has 8 nitrogen and oxygen atoms in total. The first-order valence-corrected chi connectivity index (χ1v) is 10.5. The third-order valence-electron chi connectivity index (χ3n) is 5.61. The van der Waals surface area contributed by atoms with Crippen molar-refractivity contribution in [2.75, 3.05) is 11.1 Å². The molecule has 0 saturated carbocycles. The van der Waals surface area contributed by atoms with E-state index in [1.165, 1.54) is 6.33 Å². The van der Waals surface area contributed by atoms with Gasteiger partial charge in [-0.05, 0) is 61.7 Å². The minimum absolute atomic E-state index is 0.536. The summed E-state index contributed by atoms with van der Waals surface area (Å²) in [5.74, 6) is 1.28. The number of benzene rings is 1. The van der Waals surface area contributed by atoms with Crippen LogP contribution in [0.4, 0.5) is 11.6 Å². The van der Waals surface area contributed by atoms with Crippen LogP contribution in [0.5, 0.6) is 0 Å². The Morgan fingerprint density at radius 3 is 2.72 bits per heavy atom. The average Bonchev–Trinajstić information content (AvgIpc) is 3.16. The number of hydrogen-bond donors (Lipinski definition) is 2. The minimum atomic E-state index is 0.536. The average molecular weight is 425 g/mol. The Kier molecular flexibility index (Phi) is 4.89. The highest BCUT2D eigenvalue weighted by Gasteiger charge is 2.11. The maximum Gasteiger partial charge on any atom is 0.186 e. The smallest absolute Gasteiger partial charge is 0.186 e. The fourth-order valence-electron chi connectivity index (χ4n) is 4.00. The molecule has 0 radical (unpaired) electrons. The van der Waals surface area contributed by atoms with Gasteiger partial charge in [-0.15, -0.1) is 0 Å². The predicted molar refractivity (Wildman–Crippen MR) is 126 cm³/mol. The normalized spacial score (nSPS) is 11.3. The lowest BCUT2D eigenvalue weighted by Gasteiger charge is -2.12. The number of pyridine rings is 2. The number of hydrogen-bond acceptors (Lipinski definition) is 7. The minimum Gasteiger partial charge on any atom is -0.384 e. The zero-order valence-electron chi connectivity index (χ0n) is 18.3. The van der Waals surface area contributed by atoms with Crippen molar-refractivity contribution < 1.29 is 0 Å². The van der Waals surface area contributed by atoms with Crippen LogP contribution in [0.2, 0.25) is 0 Å². The Morgan fingerprint density at radius 1 is 1.00 bits per heavy atom. The summed E-state index contributed by atoms with van der Waals surface area (Å²) in [4.78, 5) is 17.7. The van der Waals surface area contributed by atoms with Crippen molar-refractivity contribution in [2.24, 2.45) is 0 Å². The van der Waals surface area contributed by atoms with Crippen LogP contribution in [0.25, 0.3) is 21.9 Å². The number of aromatic nitrogens is 6. The summed E-state index contributed by atoms with van der Waals surface area (Å²) in [6.45, 7) is 7.24. The molecule has 8 heteroatoms. The zero-order chi connectivity index (χ0) is 22.2. The molecule has 4 aromatic heterocycles. The number of anilines is 2. The lowest BCUT2D eigenvalue weighted by Crippen LogP contribution is -2.08. The van der Waals surface area contributed by atoms with Gasteiger partial charge in [-0.25, -0.2) is 15.0 Å². The standard InChI is InChI=1S/C24H24N8/c1-14-8-22(25)30-16(3)19(14)10-26-23-20-12-32(31-24(20)28-13-27-23)11-17-5-7-21-18(9-17)6-4-15(2)29-21/h4-9,12-13H,10-11H2,1-3H3,(H2,25,30)(H,26,27,28,31). The molecule has 0 bridgehead atoms. The number of fused-ring (bicyclic) bond motifs is 2. The fraction of sp³-hybridized carbons (Fsp3) is 0.208. The van der Waals surface area contributed by atoms with Gasteiger partial charge in [0.15, 0.2) is 5.65 Å². The SMILES string of the molecule is Cc1ccc2cc(Cn3cc4c(NCc5c(C)cc(N)nc5C)ncnc4n3)ccc2n1. The number of nitrogens with zero attached hydrogens (tertiary/aromatic N) is 6. The molecule has 3 N–H and O–H groups in total. The second-order valence-electron chi connectivity index (χ2n) is 8.05. The molecule has 1 aromatic carbocycles. The van der Waals surface area contributed by atoms with Gasteiger partial charge in [0.2, 0.25) is 0 Å². The highest BCUT2D eigenvalue weighted by atomic mass is 15.3. The Labute approximate surface area is 185 Å². The van der Waals surface area contributed by atoms with E-state index in [0.29, 0.717) is 24.6 Å². The summed E-state index contributed by atoms with van der Waals surface area (Å²) in [5, 5.41) is 10.1. The van der Waals surface area contributed by atoms with Crippen molar-refractivity contribution in [1.29, 1.82) is 0 Å². The molecule has 0 atom stereocenters. The quantitative estimate of drug-likeness (QED) is 0.440. The number of nitrogens with one attached hydrogen (secondary N) is 1. The number of aryl methyl sites for hydroxylation is 3. The summed E-state index contributed by atoms with van der Waals surface area (Å²) >= 11 is 0. The van der Waals surface area contributed by atoms with Crippen molar-refractivity contribution in [3.05, 3.63) is 77.0 Å². The molecular weight excluding hydrogens is 400 g/mol. The Morgan fingerprint density at radius 2 is 1.88 bits per heavy atom. The van der Waals surface area contributed by atoms with E-state index in [9.17, 15) is 0 Å². The molecule has 5 aromatic rings. The lowest BCUT2D eigenvalue weighted by atomic mass is 10.1. The van der Waals surface area contributed by atoms with Crippen LogP contribution in [0, 0.1) is 20.8 Å². The zero-order valence-corrected chi connectivity index (χ0v) is 18.3. The third kappa shape index (κ3) is 3.82. The van der Waals surface area contributed by atoms with Crippen molar-refractivity contribution in [1.82, 2.24) is 29.7 Å². The van der Waals surface area contributed by atoms with E-state index in [1.54, 1.807) is 0 Å². The number of nitrogen functional groups attached to an aromatic ring is 1. The van der Waals surface area contributed by atoms with E-state index in [2.05, 4.69) is 54.6 Å². The molecule has 32 heavy (non-hydrogen) atoms. The molecule has 0 aliphatic heterocycles. The molecule has 0 unspecified atom stereocenters. The van der Waals surface area contributed by atoms with E-state index < -0.39 is 0 Å². The van der Waals surface area contributed by atoms with E-state index in [-0.39, 0.29) is 0 Å². The predicted octanol–water partition coefficient (Wildman–Crippen LogP) is 3.94. The second-order valence-corrected chi connectivity index (χ2v) is 8.05. The van der Waals surface area contributed by atoms with E-state index in [0.717, 1.165) is 50.2 Å². The summed E-state index contributed by atoms with van der Waals surface area (Å²) in [7, 11) is 0. The Bertz CT molecular complexity index is 1430. The molecule has 0 saturated heterocycles. The molecular formula is C24H24N8. The Balaban J connectivity index is 1.40. The van der Waals surface area contributed by atoms with Gasteiger partial charge in [-0.2, -0.15) is 5.10 Å². The first-order valence-electron chi connectivity index (χ1n) is 10.5. The summed E-state index contributed by atoms with van der Waals surface area (Å²) in [6, 6.07) is 12.3. The van der Waals surface area contributed by atoms with Crippen LogP contribution in [-0.2, 0) is 13.1 Å². The van der Waals surface area contributed by atoms with Crippen molar-refractivity contribution in [3.8, 4) is 0 Å². The van der Waals surface area contributed by atoms with Crippen molar-refractivity contribution in [2.45, 2.75) is 33.9 Å². The molecule has 0 aliphatic carbocycles. The van der Waals surface area contributed by atoms with Gasteiger partial charge in [0, 0.05) is 29.5 Å². The highest BCUT2D eigenvalue weighted by Crippen LogP contribution is 2.22. The number of rotatable bonds is 5. The summed E-state index contributed by atoms with van der Waals surface area (Å²) in [6.07, 6.45) is 3.52. The molecule has 160 valence electrons. The van der Waals surface area contributed by atoms with E-state index in [4.69, 9.17) is 5.73 Å². The van der Waals surface area contributed by atoms with Crippen LogP contribution < -0.4 is 11.1 Å². The highest BCUT2D eigenvalue weighted by molar-refractivity contribution is 5.85. The van der Waals surface area contributed by atoms with Gasteiger partial charge in [-0.1, -0.05) is 12.1 Å². The van der Waals surface area contributed by atoms with Gasteiger partial charge in [0.1, 0.15) is 18.0 Å². The van der Waals surface area contributed by atoms with Gasteiger partial charge >= 0.3 is 0 Å². The number of nitrogens with two attached hydrogens (primary N) is 1. The topological polar surface area (TPSA) is 107 Å². The van der Waals surface area contributed by atoms with Crippen LogP contribution >= 0.6 is 0 Å². The second kappa shape index (κ2) is 7.88. The molecule has 0 aliphatic rings. The van der Waals surface area contributed by atoms with Gasteiger partial charge in [-0.3, -0.25) is 9.67 Å². The Hall–Kier alpha value is -4.07. The molecule has 0 fully saturated rings. The summed E-state index contributed by atoms with van der Waals surface area (Å²) < 4.78 is 1.90. The monoisotopic (exact) mass is 424 g/mol.